The summed E-state index contributed by atoms with van der Waals surface area (Å²) in [5.74, 6) is -0.546. The Balaban J connectivity index is 2.05. The molecule has 1 aromatic carbocycles. The number of hydrogen-bond acceptors (Lipinski definition) is 5. The number of halogens is 1. The molecule has 1 radical (unpaired) electrons. The highest BCUT2D eigenvalue weighted by atomic mass is 35.5. The van der Waals surface area contributed by atoms with Crippen LogP contribution in [0.2, 0.25) is 5.02 Å². The minimum atomic E-state index is -0.627. The number of nitro benzene ring substituents is 1. The summed E-state index contributed by atoms with van der Waals surface area (Å²) < 4.78 is 5.49. The Kier molecular flexibility index (Phi) is 5.75. The fraction of sp³-hybridized carbons (Fsp3) is 0.500. The van der Waals surface area contributed by atoms with E-state index in [0.29, 0.717) is 18.4 Å². The first-order chi connectivity index (χ1) is 11.9. The zero-order valence-electron chi connectivity index (χ0n) is 15.2. The van der Waals surface area contributed by atoms with Gasteiger partial charge in [-0.1, -0.05) is 11.6 Å². The Morgan fingerprint density at radius 2 is 1.88 bits per heavy atom. The van der Waals surface area contributed by atoms with Crippen LogP contribution in [0.15, 0.2) is 24.3 Å². The Morgan fingerprint density at radius 1 is 1.31 bits per heavy atom. The third-order valence-corrected chi connectivity index (χ3v) is 4.76. The molecular weight excluding hydrogens is 360 g/mol. The van der Waals surface area contributed by atoms with Crippen LogP contribution in [-0.4, -0.2) is 33.1 Å². The molecular formula is C18H22ClN2O5. The lowest BCUT2D eigenvalue weighted by atomic mass is 9.80. The molecule has 2 rings (SSSR count). The van der Waals surface area contributed by atoms with Crippen molar-refractivity contribution in [2.75, 3.05) is 0 Å². The molecule has 26 heavy (non-hydrogen) atoms. The molecule has 0 spiro atoms. The number of non-ortho nitro benzene ring substituents is 1. The highest BCUT2D eigenvalue weighted by Crippen LogP contribution is 2.38. The lowest BCUT2D eigenvalue weighted by molar-refractivity contribution is -0.384. The second kappa shape index (κ2) is 7.34. The largest absolute Gasteiger partial charge is 0.459 e. The molecule has 8 heteroatoms. The average molecular weight is 382 g/mol. The number of nitro groups is 1. The fourth-order valence-electron chi connectivity index (χ4n) is 3.38. The van der Waals surface area contributed by atoms with Crippen LogP contribution in [0.1, 0.15) is 46.1 Å². The molecule has 0 aliphatic carbocycles. The maximum Gasteiger partial charge on any atom is 0.331 e. The lowest BCUT2D eigenvalue weighted by Gasteiger charge is -2.49. The number of rotatable bonds is 4. The molecule has 1 fully saturated rings. The van der Waals surface area contributed by atoms with Crippen molar-refractivity contribution in [3.05, 3.63) is 45.0 Å². The second-order valence-electron chi connectivity index (χ2n) is 7.68. The second-order valence-corrected chi connectivity index (χ2v) is 8.09. The highest BCUT2D eigenvalue weighted by molar-refractivity contribution is 6.32. The van der Waals surface area contributed by atoms with E-state index >= 15 is 0 Å². The van der Waals surface area contributed by atoms with Crippen molar-refractivity contribution in [3.63, 3.8) is 0 Å². The van der Waals surface area contributed by atoms with Crippen LogP contribution in [0.25, 0.3) is 6.08 Å². The van der Waals surface area contributed by atoms with Gasteiger partial charge in [0.05, 0.1) is 9.95 Å². The van der Waals surface area contributed by atoms with Gasteiger partial charge >= 0.3 is 5.97 Å². The van der Waals surface area contributed by atoms with E-state index in [1.165, 1.54) is 30.4 Å². The fourth-order valence-corrected chi connectivity index (χ4v) is 3.62. The Labute approximate surface area is 157 Å². The van der Waals surface area contributed by atoms with Gasteiger partial charge in [-0.05, 0) is 45.4 Å². The quantitative estimate of drug-likeness (QED) is 0.337. The Bertz CT molecular complexity index is 727. The first-order valence-electron chi connectivity index (χ1n) is 8.22. The van der Waals surface area contributed by atoms with Gasteiger partial charge in [0.15, 0.2) is 0 Å². The number of hydroxylamine groups is 2. The first kappa shape index (κ1) is 20.4. The van der Waals surface area contributed by atoms with Gasteiger partial charge in [0.1, 0.15) is 6.10 Å². The number of benzene rings is 1. The van der Waals surface area contributed by atoms with E-state index in [-0.39, 0.29) is 16.8 Å². The Hall–Kier alpha value is -1.96. The maximum absolute atomic E-state index is 12.3. The van der Waals surface area contributed by atoms with Crippen LogP contribution in [-0.2, 0) is 14.7 Å². The summed E-state index contributed by atoms with van der Waals surface area (Å²) in [5.41, 5.74) is -0.899. The van der Waals surface area contributed by atoms with Gasteiger partial charge in [0, 0.05) is 42.1 Å². The highest BCUT2D eigenvalue weighted by Gasteiger charge is 2.47. The number of carbonyl (C=O) groups excluding carboxylic acids is 1. The molecule has 1 heterocycles. The molecule has 0 unspecified atom stereocenters. The van der Waals surface area contributed by atoms with Gasteiger partial charge in [0.2, 0.25) is 0 Å². The number of ether oxygens (including phenoxy) is 1. The molecule has 1 aromatic rings. The smallest absolute Gasteiger partial charge is 0.331 e. The van der Waals surface area contributed by atoms with E-state index in [1.807, 2.05) is 27.7 Å². The van der Waals surface area contributed by atoms with Crippen LogP contribution in [0.3, 0.4) is 0 Å². The number of piperidine rings is 1. The first-order valence-corrected chi connectivity index (χ1v) is 8.60. The van der Waals surface area contributed by atoms with Crippen molar-refractivity contribution >= 4 is 29.3 Å². The van der Waals surface area contributed by atoms with E-state index in [0.717, 1.165) is 5.06 Å². The molecule has 0 atom stereocenters. The van der Waals surface area contributed by atoms with Crippen LogP contribution in [0.4, 0.5) is 5.69 Å². The van der Waals surface area contributed by atoms with E-state index < -0.39 is 22.0 Å². The molecule has 0 bridgehead atoms. The van der Waals surface area contributed by atoms with E-state index in [4.69, 9.17) is 16.3 Å². The van der Waals surface area contributed by atoms with Gasteiger partial charge in [-0.2, -0.15) is 0 Å². The third kappa shape index (κ3) is 4.60. The molecule has 0 saturated carbocycles. The molecule has 1 aliphatic rings. The van der Waals surface area contributed by atoms with Gasteiger partial charge < -0.3 is 4.74 Å². The van der Waals surface area contributed by atoms with Crippen molar-refractivity contribution in [1.29, 1.82) is 0 Å². The molecule has 0 amide bonds. The van der Waals surface area contributed by atoms with Gasteiger partial charge in [-0.15, -0.1) is 10.3 Å². The summed E-state index contributed by atoms with van der Waals surface area (Å²) in [4.78, 5) is 22.3. The normalized spacial score (nSPS) is 20.2. The van der Waals surface area contributed by atoms with Crippen LogP contribution in [0, 0.1) is 10.1 Å². The van der Waals surface area contributed by atoms with Gasteiger partial charge in [-0.25, -0.2) is 4.79 Å². The summed E-state index contributed by atoms with van der Waals surface area (Å²) in [7, 11) is 0. The summed E-state index contributed by atoms with van der Waals surface area (Å²) in [5, 5.41) is 24.3. The van der Waals surface area contributed by atoms with E-state index in [1.54, 1.807) is 0 Å². The van der Waals surface area contributed by atoms with Crippen molar-refractivity contribution in [1.82, 2.24) is 5.06 Å². The van der Waals surface area contributed by atoms with Crippen molar-refractivity contribution in [3.8, 4) is 0 Å². The monoisotopic (exact) mass is 381 g/mol. The van der Waals surface area contributed by atoms with Gasteiger partial charge in [0.25, 0.3) is 5.69 Å². The van der Waals surface area contributed by atoms with Crippen molar-refractivity contribution in [2.24, 2.45) is 0 Å². The molecule has 1 saturated heterocycles. The van der Waals surface area contributed by atoms with Crippen molar-refractivity contribution in [2.45, 2.75) is 57.7 Å². The summed E-state index contributed by atoms with van der Waals surface area (Å²) >= 11 is 5.99. The summed E-state index contributed by atoms with van der Waals surface area (Å²) in [6.45, 7) is 7.31. The Morgan fingerprint density at radius 3 is 2.38 bits per heavy atom. The van der Waals surface area contributed by atoms with Crippen LogP contribution < -0.4 is 0 Å². The zero-order chi connectivity index (χ0) is 19.7. The summed E-state index contributed by atoms with van der Waals surface area (Å²) in [6.07, 6.45) is 3.20. The third-order valence-electron chi connectivity index (χ3n) is 4.43. The minimum absolute atomic E-state index is 0.122. The van der Waals surface area contributed by atoms with Crippen LogP contribution in [0.5, 0.6) is 0 Å². The van der Waals surface area contributed by atoms with Crippen molar-refractivity contribution < 1.29 is 19.7 Å². The average Bonchev–Trinajstić information content (AvgIpc) is 2.50. The van der Waals surface area contributed by atoms with E-state index in [2.05, 4.69) is 0 Å². The number of nitrogens with zero attached hydrogens (tertiary/aromatic N) is 2. The SMILES string of the molecule is CC1(C)CC(OC(=O)/C=C/c2ccc([N+](=O)[O-])cc2Cl)CC(C)(C)N1[O]. The molecule has 7 nitrogen and oxygen atoms in total. The molecule has 0 aromatic heterocycles. The molecule has 141 valence electrons. The predicted octanol–water partition coefficient (Wildman–Crippen LogP) is 4.17. The predicted molar refractivity (Wildman–Crippen MR) is 96.9 cm³/mol. The number of hydrogen-bond donors (Lipinski definition) is 0. The number of carbonyl (C=O) groups is 1. The lowest BCUT2D eigenvalue weighted by Crippen LogP contribution is -2.60. The van der Waals surface area contributed by atoms with E-state index in [9.17, 15) is 20.1 Å². The maximum atomic E-state index is 12.3. The van der Waals surface area contributed by atoms with Gasteiger partial charge in [-0.3, -0.25) is 10.1 Å². The zero-order valence-corrected chi connectivity index (χ0v) is 15.9. The number of esters is 1. The molecule has 0 N–H and O–H groups in total. The van der Waals surface area contributed by atoms with Crippen LogP contribution >= 0.6 is 11.6 Å². The molecule has 1 aliphatic heterocycles. The minimum Gasteiger partial charge on any atom is -0.459 e. The summed E-state index contributed by atoms with van der Waals surface area (Å²) in [6, 6.07) is 4.00. The topological polar surface area (TPSA) is 92.6 Å². The standard InChI is InChI=1S/C18H22ClN2O5/c1-17(2)10-14(11-18(3,4)21(17)25)26-16(22)8-6-12-5-7-13(20(23)24)9-15(12)19/h5-9,14H,10-11H2,1-4H3/b8-6+.